The molecule has 7 nitrogen and oxygen atoms in total. The first-order valence-electron chi connectivity index (χ1n) is 9.21. The molecule has 2 N–H and O–H groups in total. The van der Waals surface area contributed by atoms with Gasteiger partial charge in [0, 0.05) is 30.4 Å². The maximum atomic E-state index is 6.18. The summed E-state index contributed by atoms with van der Waals surface area (Å²) in [7, 11) is 1.94. The van der Waals surface area contributed by atoms with E-state index in [0.29, 0.717) is 23.3 Å². The van der Waals surface area contributed by atoms with Crippen LogP contribution in [0.1, 0.15) is 17.5 Å². The van der Waals surface area contributed by atoms with E-state index < -0.39 is 0 Å². The van der Waals surface area contributed by atoms with Gasteiger partial charge >= 0.3 is 0 Å². The molecule has 7 heteroatoms. The van der Waals surface area contributed by atoms with Crippen molar-refractivity contribution in [2.75, 3.05) is 7.05 Å². The van der Waals surface area contributed by atoms with Crippen molar-refractivity contribution in [3.63, 3.8) is 0 Å². The zero-order valence-corrected chi connectivity index (χ0v) is 15.7. The number of hydrogen-bond acceptors (Lipinski definition) is 7. The molecule has 2 aromatic heterocycles. The van der Waals surface area contributed by atoms with Crippen molar-refractivity contribution in [3.05, 3.63) is 84.1 Å². The van der Waals surface area contributed by atoms with Gasteiger partial charge in [-0.2, -0.15) is 0 Å². The second-order valence-corrected chi connectivity index (χ2v) is 6.80. The molecule has 0 radical (unpaired) electrons. The Kier molecular flexibility index (Phi) is 4.05. The van der Waals surface area contributed by atoms with Crippen molar-refractivity contribution in [2.24, 2.45) is 10.7 Å². The van der Waals surface area contributed by atoms with Crippen LogP contribution in [0.25, 0.3) is 28.1 Å². The highest BCUT2D eigenvalue weighted by Gasteiger charge is 2.28. The fourth-order valence-electron chi connectivity index (χ4n) is 3.50. The molecule has 2 aromatic carbocycles. The minimum absolute atomic E-state index is 0.117. The Labute approximate surface area is 167 Å². The predicted molar refractivity (Wildman–Crippen MR) is 112 cm³/mol. The number of aliphatic imine (C=N–C) groups is 1. The quantitative estimate of drug-likeness (QED) is 0.582. The second-order valence-electron chi connectivity index (χ2n) is 6.80. The van der Waals surface area contributed by atoms with Crippen molar-refractivity contribution in [2.45, 2.75) is 6.04 Å². The molecule has 4 aromatic rings. The molecular weight excluding hydrogens is 364 g/mol. The monoisotopic (exact) mass is 382 g/mol. The van der Waals surface area contributed by atoms with Crippen LogP contribution < -0.4 is 5.73 Å². The van der Waals surface area contributed by atoms with Crippen LogP contribution in [0.15, 0.2) is 82.1 Å². The molecule has 0 bridgehead atoms. The lowest BCUT2D eigenvalue weighted by molar-refractivity contribution is 0.410. The van der Waals surface area contributed by atoms with Gasteiger partial charge in [0.05, 0.1) is 11.6 Å². The molecule has 1 aliphatic rings. The third-order valence-corrected chi connectivity index (χ3v) is 4.98. The van der Waals surface area contributed by atoms with Crippen LogP contribution in [0.3, 0.4) is 0 Å². The first kappa shape index (κ1) is 17.1. The molecule has 142 valence electrons. The van der Waals surface area contributed by atoms with Crippen molar-refractivity contribution in [3.8, 4) is 11.5 Å². The van der Waals surface area contributed by atoms with E-state index in [9.17, 15) is 0 Å². The topological polar surface area (TPSA) is 93.4 Å². The summed E-state index contributed by atoms with van der Waals surface area (Å²) >= 11 is 0. The van der Waals surface area contributed by atoms with Gasteiger partial charge in [-0.3, -0.25) is 4.98 Å². The molecule has 0 saturated heterocycles. The Morgan fingerprint density at radius 1 is 0.966 bits per heavy atom. The van der Waals surface area contributed by atoms with E-state index in [0.717, 1.165) is 22.0 Å². The summed E-state index contributed by atoms with van der Waals surface area (Å²) in [5, 5.41) is 9.46. The van der Waals surface area contributed by atoms with E-state index in [-0.39, 0.29) is 6.04 Å². The maximum Gasteiger partial charge on any atom is 0.268 e. The molecule has 1 unspecified atom stereocenters. The van der Waals surface area contributed by atoms with E-state index in [1.165, 1.54) is 0 Å². The van der Waals surface area contributed by atoms with Crippen molar-refractivity contribution in [1.82, 2.24) is 20.1 Å². The largest absolute Gasteiger partial charge is 0.415 e. The first-order valence-corrected chi connectivity index (χ1v) is 9.21. The van der Waals surface area contributed by atoms with Gasteiger partial charge in [-0.15, -0.1) is 10.2 Å². The second kappa shape index (κ2) is 6.87. The van der Waals surface area contributed by atoms with Crippen molar-refractivity contribution < 1.29 is 4.42 Å². The molecule has 0 amide bonds. The van der Waals surface area contributed by atoms with Gasteiger partial charge in [0.1, 0.15) is 5.70 Å². The van der Waals surface area contributed by atoms with Gasteiger partial charge < -0.3 is 15.1 Å². The number of pyridine rings is 1. The van der Waals surface area contributed by atoms with E-state index in [1.807, 2.05) is 72.8 Å². The molecule has 5 rings (SSSR count). The Morgan fingerprint density at radius 2 is 1.79 bits per heavy atom. The average molecular weight is 382 g/mol. The Bertz CT molecular complexity index is 1240. The summed E-state index contributed by atoms with van der Waals surface area (Å²) in [6.07, 6.45) is 3.61. The number of hydrogen-bond donors (Lipinski definition) is 1. The van der Waals surface area contributed by atoms with Gasteiger partial charge in [0.2, 0.25) is 5.89 Å². The SMILES string of the molecule is CN1C(c2nnc(-c3ccccc3)o2)=C(N)N=CC1c1ccc2ncccc2c1. The van der Waals surface area contributed by atoms with E-state index in [2.05, 4.69) is 26.2 Å². The van der Waals surface area contributed by atoms with Gasteiger partial charge in [0.25, 0.3) is 5.89 Å². The van der Waals surface area contributed by atoms with Gasteiger partial charge in [0.15, 0.2) is 5.82 Å². The normalized spacial score (nSPS) is 16.6. The molecule has 29 heavy (non-hydrogen) atoms. The molecular formula is C22H18N6O. The minimum atomic E-state index is -0.117. The van der Waals surface area contributed by atoms with Crippen LogP contribution in [0.4, 0.5) is 0 Å². The van der Waals surface area contributed by atoms with Gasteiger partial charge in [-0.25, -0.2) is 4.99 Å². The molecule has 3 heterocycles. The third-order valence-electron chi connectivity index (χ3n) is 4.98. The van der Waals surface area contributed by atoms with Gasteiger partial charge in [-0.05, 0) is 35.9 Å². The van der Waals surface area contributed by atoms with E-state index in [4.69, 9.17) is 10.2 Å². The van der Waals surface area contributed by atoms with Crippen LogP contribution in [0.5, 0.6) is 0 Å². The van der Waals surface area contributed by atoms with Crippen LogP contribution in [0, 0.1) is 0 Å². The molecule has 0 fully saturated rings. The molecule has 0 saturated carbocycles. The molecule has 1 atom stereocenters. The van der Waals surface area contributed by atoms with Crippen LogP contribution in [0.2, 0.25) is 0 Å². The number of fused-ring (bicyclic) bond motifs is 1. The third kappa shape index (κ3) is 3.02. The Hall–Kier alpha value is -4.00. The highest BCUT2D eigenvalue weighted by atomic mass is 16.4. The highest BCUT2D eigenvalue weighted by Crippen LogP contribution is 2.33. The fraction of sp³-hybridized carbons (Fsp3) is 0.0909. The number of rotatable bonds is 3. The van der Waals surface area contributed by atoms with Crippen LogP contribution >= 0.6 is 0 Å². The maximum absolute atomic E-state index is 6.18. The first-order chi connectivity index (χ1) is 14.2. The lowest BCUT2D eigenvalue weighted by atomic mass is 10.0. The van der Waals surface area contributed by atoms with E-state index >= 15 is 0 Å². The van der Waals surface area contributed by atoms with Crippen molar-refractivity contribution in [1.29, 1.82) is 0 Å². The summed E-state index contributed by atoms with van der Waals surface area (Å²) in [4.78, 5) is 10.8. The number of benzene rings is 2. The number of aromatic nitrogens is 3. The zero-order valence-electron chi connectivity index (χ0n) is 15.7. The van der Waals surface area contributed by atoms with Crippen LogP contribution in [-0.2, 0) is 0 Å². The Morgan fingerprint density at radius 3 is 2.66 bits per heavy atom. The summed E-state index contributed by atoms with van der Waals surface area (Å²) in [6, 6.07) is 19.6. The molecule has 0 aliphatic carbocycles. The summed E-state index contributed by atoms with van der Waals surface area (Å²) in [5.74, 6) is 1.12. The van der Waals surface area contributed by atoms with E-state index in [1.54, 1.807) is 6.20 Å². The van der Waals surface area contributed by atoms with Crippen molar-refractivity contribution >= 4 is 22.8 Å². The number of nitrogens with two attached hydrogens (primary N) is 1. The molecule has 1 aliphatic heterocycles. The molecule has 0 spiro atoms. The summed E-state index contributed by atoms with van der Waals surface area (Å²) in [6.45, 7) is 0. The summed E-state index contributed by atoms with van der Waals surface area (Å²) < 4.78 is 5.92. The summed E-state index contributed by atoms with van der Waals surface area (Å²) in [5.41, 5.74) is 9.67. The Balaban J connectivity index is 1.51. The predicted octanol–water partition coefficient (Wildman–Crippen LogP) is 3.63. The smallest absolute Gasteiger partial charge is 0.268 e. The average Bonchev–Trinajstić information content (AvgIpc) is 3.24. The zero-order chi connectivity index (χ0) is 19.8. The minimum Gasteiger partial charge on any atom is -0.415 e. The standard InChI is InChI=1S/C22H18N6O/c1-28-18(16-9-10-17-15(12-16)8-5-11-24-17)13-25-20(23)19(28)22-27-26-21(29-22)14-6-3-2-4-7-14/h2-13,18H,23H2,1H3. The lowest BCUT2D eigenvalue weighted by Crippen LogP contribution is -2.30. The highest BCUT2D eigenvalue weighted by molar-refractivity contribution is 5.83. The lowest BCUT2D eigenvalue weighted by Gasteiger charge is -2.31. The van der Waals surface area contributed by atoms with Gasteiger partial charge in [-0.1, -0.05) is 30.3 Å². The number of nitrogens with zero attached hydrogens (tertiary/aromatic N) is 5. The fourth-order valence-corrected chi connectivity index (χ4v) is 3.50. The van der Waals surface area contributed by atoms with Crippen LogP contribution in [-0.4, -0.2) is 33.3 Å².